The first-order chi connectivity index (χ1) is 10.5. The van der Waals surface area contributed by atoms with Crippen LogP contribution in [0.5, 0.6) is 0 Å². The maximum atomic E-state index is 12.9. The van der Waals surface area contributed by atoms with Gasteiger partial charge in [0.1, 0.15) is 5.82 Å². The van der Waals surface area contributed by atoms with Crippen molar-refractivity contribution in [2.24, 2.45) is 0 Å². The molecule has 0 aliphatic carbocycles. The van der Waals surface area contributed by atoms with Gasteiger partial charge in [-0.2, -0.15) is 0 Å². The number of benzene rings is 2. The smallest absolute Gasteiger partial charge is 0.171 e. The molecule has 0 fully saturated rings. The maximum Gasteiger partial charge on any atom is 0.171 e. The third-order valence-electron chi connectivity index (χ3n) is 3.62. The van der Waals surface area contributed by atoms with Gasteiger partial charge in [-0.15, -0.1) is 0 Å². The van der Waals surface area contributed by atoms with Crippen LogP contribution in [-0.2, 0) is 0 Å². The van der Waals surface area contributed by atoms with Crippen LogP contribution in [0, 0.1) is 19.7 Å². The lowest BCUT2D eigenvalue weighted by Crippen LogP contribution is -2.32. The summed E-state index contributed by atoms with van der Waals surface area (Å²) in [4.78, 5) is 0. The van der Waals surface area contributed by atoms with E-state index in [9.17, 15) is 4.39 Å². The van der Waals surface area contributed by atoms with Gasteiger partial charge in [0.2, 0.25) is 0 Å². The van der Waals surface area contributed by atoms with Crippen molar-refractivity contribution < 1.29 is 4.39 Å². The van der Waals surface area contributed by atoms with Crippen molar-refractivity contribution in [3.63, 3.8) is 0 Å². The van der Waals surface area contributed by atoms with E-state index in [2.05, 4.69) is 49.6 Å². The largest absolute Gasteiger partial charge is 0.356 e. The topological polar surface area (TPSA) is 24.1 Å². The number of hydrogen-bond donors (Lipinski definition) is 2. The Balaban J connectivity index is 2.06. The molecule has 4 heteroatoms. The van der Waals surface area contributed by atoms with Gasteiger partial charge < -0.3 is 10.6 Å². The molecule has 0 spiro atoms. The minimum atomic E-state index is -0.258. The number of rotatable bonds is 4. The third-order valence-corrected chi connectivity index (χ3v) is 3.84. The van der Waals surface area contributed by atoms with Gasteiger partial charge in [-0.1, -0.05) is 30.7 Å². The summed E-state index contributed by atoms with van der Waals surface area (Å²) in [6.45, 7) is 6.33. The normalized spacial score (nSPS) is 11.8. The molecule has 2 aromatic rings. The van der Waals surface area contributed by atoms with Crippen molar-refractivity contribution in [2.45, 2.75) is 33.2 Å². The molecule has 0 heterocycles. The number of anilines is 1. The van der Waals surface area contributed by atoms with Crippen molar-refractivity contribution >= 4 is 23.0 Å². The van der Waals surface area contributed by atoms with Gasteiger partial charge in [0.25, 0.3) is 0 Å². The van der Waals surface area contributed by atoms with Crippen LogP contribution in [0.15, 0.2) is 42.5 Å². The minimum Gasteiger partial charge on any atom is -0.356 e. The zero-order chi connectivity index (χ0) is 16.1. The summed E-state index contributed by atoms with van der Waals surface area (Å²) < 4.78 is 12.9. The zero-order valence-corrected chi connectivity index (χ0v) is 13.9. The number of thiocarbonyl (C=S) groups is 1. The molecule has 2 aromatic carbocycles. The Bertz CT molecular complexity index is 653. The van der Waals surface area contributed by atoms with Gasteiger partial charge in [0.15, 0.2) is 5.11 Å². The first kappa shape index (κ1) is 16.4. The second-order valence-corrected chi connectivity index (χ2v) is 5.83. The highest BCUT2D eigenvalue weighted by Gasteiger charge is 2.13. The molecular formula is C18H21FN2S. The molecule has 1 atom stereocenters. The summed E-state index contributed by atoms with van der Waals surface area (Å²) in [5.41, 5.74) is 4.53. The van der Waals surface area contributed by atoms with Crippen molar-refractivity contribution in [2.75, 3.05) is 5.32 Å². The van der Waals surface area contributed by atoms with Crippen LogP contribution in [0.3, 0.4) is 0 Å². The molecule has 0 aliphatic rings. The second kappa shape index (κ2) is 7.36. The van der Waals surface area contributed by atoms with E-state index >= 15 is 0 Å². The zero-order valence-electron chi connectivity index (χ0n) is 13.1. The van der Waals surface area contributed by atoms with Gasteiger partial charge in [0.05, 0.1) is 6.04 Å². The van der Waals surface area contributed by atoms with Crippen LogP contribution < -0.4 is 10.6 Å². The molecule has 0 aromatic heterocycles. The predicted molar refractivity (Wildman–Crippen MR) is 94.7 cm³/mol. The molecule has 2 nitrogen and oxygen atoms in total. The fourth-order valence-electron chi connectivity index (χ4n) is 2.47. The molecule has 0 bridgehead atoms. The van der Waals surface area contributed by atoms with Gasteiger partial charge in [-0.3, -0.25) is 0 Å². The summed E-state index contributed by atoms with van der Waals surface area (Å²) in [7, 11) is 0. The van der Waals surface area contributed by atoms with Crippen LogP contribution in [0.25, 0.3) is 0 Å². The van der Waals surface area contributed by atoms with E-state index in [0.717, 1.165) is 12.1 Å². The fraction of sp³-hybridized carbons (Fsp3) is 0.278. The summed E-state index contributed by atoms with van der Waals surface area (Å²) in [5.74, 6) is -0.258. The number of hydrogen-bond acceptors (Lipinski definition) is 1. The monoisotopic (exact) mass is 316 g/mol. The Kier molecular flexibility index (Phi) is 5.50. The predicted octanol–water partition coefficient (Wildman–Crippen LogP) is 4.88. The molecule has 22 heavy (non-hydrogen) atoms. The fourth-order valence-corrected chi connectivity index (χ4v) is 2.74. The van der Waals surface area contributed by atoms with Crippen molar-refractivity contribution in [3.8, 4) is 0 Å². The van der Waals surface area contributed by atoms with E-state index in [1.807, 2.05) is 0 Å². The molecule has 2 rings (SSSR count). The maximum absolute atomic E-state index is 12.9. The van der Waals surface area contributed by atoms with E-state index < -0.39 is 0 Å². The molecule has 0 amide bonds. The molecule has 0 radical (unpaired) electrons. The average molecular weight is 316 g/mol. The highest BCUT2D eigenvalue weighted by molar-refractivity contribution is 7.80. The Morgan fingerprint density at radius 3 is 2.41 bits per heavy atom. The lowest BCUT2D eigenvalue weighted by molar-refractivity contribution is 0.624. The quantitative estimate of drug-likeness (QED) is 0.786. The first-order valence-electron chi connectivity index (χ1n) is 7.40. The van der Waals surface area contributed by atoms with Crippen LogP contribution in [0.2, 0.25) is 0 Å². The molecular weight excluding hydrogens is 295 g/mol. The van der Waals surface area contributed by atoms with Gasteiger partial charge in [-0.05, 0) is 67.9 Å². The summed E-state index contributed by atoms with van der Waals surface area (Å²) in [5, 5.41) is 6.96. The van der Waals surface area contributed by atoms with Crippen LogP contribution in [0.1, 0.15) is 36.1 Å². The van der Waals surface area contributed by atoms with E-state index in [-0.39, 0.29) is 11.9 Å². The number of nitrogens with one attached hydrogen (secondary N) is 2. The van der Waals surface area contributed by atoms with E-state index in [0.29, 0.717) is 5.11 Å². The lowest BCUT2D eigenvalue weighted by atomic mass is 9.98. The standard InChI is InChI=1S/C18H21FN2S/c1-4-17(16-10-5-12(2)11-13(16)3)21-18(22)20-15-8-6-14(19)7-9-15/h5-11,17H,4H2,1-3H3,(H2,20,21,22)/t17-/m1/s1. The molecule has 0 saturated carbocycles. The van der Waals surface area contributed by atoms with Gasteiger partial charge in [-0.25, -0.2) is 4.39 Å². The van der Waals surface area contributed by atoms with E-state index in [1.54, 1.807) is 12.1 Å². The molecule has 116 valence electrons. The number of halogens is 1. The third kappa shape index (κ3) is 4.28. The Labute approximate surface area is 136 Å². The lowest BCUT2D eigenvalue weighted by Gasteiger charge is -2.22. The average Bonchev–Trinajstić information content (AvgIpc) is 2.48. The van der Waals surface area contributed by atoms with Crippen LogP contribution in [-0.4, -0.2) is 5.11 Å². The highest BCUT2D eigenvalue weighted by Crippen LogP contribution is 2.22. The molecule has 2 N–H and O–H groups in total. The Morgan fingerprint density at radius 1 is 1.14 bits per heavy atom. The Hall–Kier alpha value is -1.94. The van der Waals surface area contributed by atoms with Crippen molar-refractivity contribution in [3.05, 3.63) is 65.0 Å². The first-order valence-corrected chi connectivity index (χ1v) is 7.80. The van der Waals surface area contributed by atoms with Gasteiger partial charge in [0, 0.05) is 5.69 Å². The Morgan fingerprint density at radius 2 is 1.82 bits per heavy atom. The second-order valence-electron chi connectivity index (χ2n) is 5.43. The number of aryl methyl sites for hydroxylation is 2. The molecule has 0 unspecified atom stereocenters. The SMILES string of the molecule is CC[C@@H](NC(=S)Nc1ccc(F)cc1)c1ccc(C)cc1C. The van der Waals surface area contributed by atoms with Crippen molar-refractivity contribution in [1.82, 2.24) is 5.32 Å². The molecule has 0 saturated heterocycles. The van der Waals surface area contributed by atoms with Crippen molar-refractivity contribution in [1.29, 1.82) is 0 Å². The molecule has 0 aliphatic heterocycles. The van der Waals surface area contributed by atoms with Crippen LogP contribution >= 0.6 is 12.2 Å². The summed E-state index contributed by atoms with van der Waals surface area (Å²) in [6.07, 6.45) is 0.926. The summed E-state index contributed by atoms with van der Waals surface area (Å²) in [6, 6.07) is 12.7. The minimum absolute atomic E-state index is 0.154. The van der Waals surface area contributed by atoms with E-state index in [1.165, 1.54) is 28.8 Å². The summed E-state index contributed by atoms with van der Waals surface area (Å²) >= 11 is 5.36. The van der Waals surface area contributed by atoms with Crippen LogP contribution in [0.4, 0.5) is 10.1 Å². The highest BCUT2D eigenvalue weighted by atomic mass is 32.1. The van der Waals surface area contributed by atoms with E-state index in [4.69, 9.17) is 12.2 Å². The van der Waals surface area contributed by atoms with Gasteiger partial charge >= 0.3 is 0 Å².